The zero-order valence-corrected chi connectivity index (χ0v) is 13.5. The summed E-state index contributed by atoms with van der Waals surface area (Å²) >= 11 is 1.67. The summed E-state index contributed by atoms with van der Waals surface area (Å²) in [5.41, 5.74) is -0.537. The Bertz CT molecular complexity index is 342. The van der Waals surface area contributed by atoms with Crippen molar-refractivity contribution in [2.75, 3.05) is 12.4 Å². The Morgan fingerprint density at radius 3 is 2.50 bits per heavy atom. The molecule has 2 saturated carbocycles. The Labute approximate surface area is 126 Å². The van der Waals surface area contributed by atoms with Gasteiger partial charge < -0.3 is 9.84 Å². The van der Waals surface area contributed by atoms with E-state index in [-0.39, 0.29) is 17.3 Å². The van der Waals surface area contributed by atoms with Crippen LogP contribution in [0.4, 0.5) is 0 Å². The molecule has 2 aliphatic rings. The number of esters is 1. The van der Waals surface area contributed by atoms with E-state index >= 15 is 0 Å². The van der Waals surface area contributed by atoms with Gasteiger partial charge in [0.1, 0.15) is 5.54 Å². The number of aliphatic hydroxyl groups is 1. The minimum absolute atomic E-state index is 0.0975. The number of thioether (sulfide) groups is 1. The first-order chi connectivity index (χ1) is 9.49. The molecular formula is C15H27NO3S. The van der Waals surface area contributed by atoms with Crippen LogP contribution < -0.4 is 5.32 Å². The third-order valence-electron chi connectivity index (χ3n) is 4.21. The quantitative estimate of drug-likeness (QED) is 0.638. The lowest BCUT2D eigenvalue weighted by atomic mass is 9.95. The molecule has 0 aliphatic heterocycles. The summed E-state index contributed by atoms with van der Waals surface area (Å²) in [7, 11) is 0. The second kappa shape index (κ2) is 6.67. The van der Waals surface area contributed by atoms with E-state index in [9.17, 15) is 9.90 Å². The fourth-order valence-corrected chi connectivity index (χ4v) is 3.63. The maximum atomic E-state index is 12.5. The van der Waals surface area contributed by atoms with Crippen LogP contribution in [0.1, 0.15) is 46.5 Å². The number of aliphatic hydroxyl groups excluding tert-OH is 1. The molecule has 5 heteroatoms. The van der Waals surface area contributed by atoms with Gasteiger partial charge in [0.2, 0.25) is 0 Å². The van der Waals surface area contributed by atoms with E-state index in [0.29, 0.717) is 24.3 Å². The highest BCUT2D eigenvalue weighted by atomic mass is 32.2. The molecule has 3 unspecified atom stereocenters. The molecule has 2 rings (SSSR count). The summed E-state index contributed by atoms with van der Waals surface area (Å²) in [6, 6.07) is 0.475. The van der Waals surface area contributed by atoms with Gasteiger partial charge in [0.15, 0.2) is 0 Å². The van der Waals surface area contributed by atoms with Crippen molar-refractivity contribution in [1.82, 2.24) is 5.32 Å². The number of ether oxygens (including phenoxy) is 1. The Morgan fingerprint density at radius 2 is 2.05 bits per heavy atom. The molecule has 2 aliphatic carbocycles. The molecule has 116 valence electrons. The third kappa shape index (κ3) is 3.89. The van der Waals surface area contributed by atoms with Crippen molar-refractivity contribution in [2.24, 2.45) is 5.92 Å². The zero-order chi connectivity index (χ0) is 14.8. The van der Waals surface area contributed by atoms with Crippen LogP contribution in [0.25, 0.3) is 0 Å². The standard InChI is InChI=1S/C15H27NO3S/c1-4-19-14(18)15(12-5-6-12,16-13-7-8-13)9-20-11(3)10(2)17/h10-13,16-17H,4-9H2,1-3H3. The molecule has 0 heterocycles. The van der Waals surface area contributed by atoms with Crippen molar-refractivity contribution in [3.63, 3.8) is 0 Å². The lowest BCUT2D eigenvalue weighted by Crippen LogP contribution is -2.58. The minimum Gasteiger partial charge on any atom is -0.465 e. The lowest BCUT2D eigenvalue weighted by Gasteiger charge is -2.34. The van der Waals surface area contributed by atoms with Crippen LogP contribution in [0.3, 0.4) is 0 Å². The number of carbonyl (C=O) groups is 1. The smallest absolute Gasteiger partial charge is 0.327 e. The monoisotopic (exact) mass is 301 g/mol. The van der Waals surface area contributed by atoms with Crippen LogP contribution in [-0.2, 0) is 9.53 Å². The van der Waals surface area contributed by atoms with Gasteiger partial charge in [-0.05, 0) is 45.4 Å². The van der Waals surface area contributed by atoms with Gasteiger partial charge in [-0.25, -0.2) is 0 Å². The predicted octanol–water partition coefficient (Wildman–Crippen LogP) is 1.95. The van der Waals surface area contributed by atoms with E-state index in [1.54, 1.807) is 18.7 Å². The van der Waals surface area contributed by atoms with Crippen molar-refractivity contribution >= 4 is 17.7 Å². The lowest BCUT2D eigenvalue weighted by molar-refractivity contribution is -0.151. The first kappa shape index (κ1) is 16.1. The van der Waals surface area contributed by atoms with E-state index < -0.39 is 5.54 Å². The van der Waals surface area contributed by atoms with E-state index in [0.717, 1.165) is 25.7 Å². The largest absolute Gasteiger partial charge is 0.465 e. The maximum absolute atomic E-state index is 12.5. The number of carbonyl (C=O) groups excluding carboxylic acids is 1. The Morgan fingerprint density at radius 1 is 1.40 bits per heavy atom. The number of nitrogens with one attached hydrogen (secondary N) is 1. The fourth-order valence-electron chi connectivity index (χ4n) is 2.39. The van der Waals surface area contributed by atoms with E-state index in [4.69, 9.17) is 4.74 Å². The van der Waals surface area contributed by atoms with Gasteiger partial charge in [0.25, 0.3) is 0 Å². The van der Waals surface area contributed by atoms with Gasteiger partial charge in [0, 0.05) is 17.0 Å². The van der Waals surface area contributed by atoms with Gasteiger partial charge >= 0.3 is 5.97 Å². The average Bonchev–Trinajstić information content (AvgIpc) is 3.26. The van der Waals surface area contributed by atoms with Gasteiger partial charge in [-0.1, -0.05) is 6.92 Å². The molecule has 4 nitrogen and oxygen atoms in total. The zero-order valence-electron chi connectivity index (χ0n) is 12.7. The molecule has 2 fully saturated rings. The van der Waals surface area contributed by atoms with Gasteiger partial charge in [-0.3, -0.25) is 10.1 Å². The summed E-state index contributed by atoms with van der Waals surface area (Å²) in [4.78, 5) is 12.5. The van der Waals surface area contributed by atoms with Crippen LogP contribution in [0.2, 0.25) is 0 Å². The second-order valence-corrected chi connectivity index (χ2v) is 7.51. The van der Waals surface area contributed by atoms with Gasteiger partial charge in [-0.2, -0.15) is 11.8 Å². The summed E-state index contributed by atoms with van der Waals surface area (Å²) in [5, 5.41) is 13.3. The Kier molecular flexibility index (Phi) is 5.37. The van der Waals surface area contributed by atoms with E-state index in [2.05, 4.69) is 5.32 Å². The van der Waals surface area contributed by atoms with Crippen molar-refractivity contribution in [3.8, 4) is 0 Å². The third-order valence-corrected chi connectivity index (χ3v) is 5.75. The van der Waals surface area contributed by atoms with Crippen LogP contribution in [0, 0.1) is 5.92 Å². The topological polar surface area (TPSA) is 58.6 Å². The minimum atomic E-state index is -0.537. The molecule has 20 heavy (non-hydrogen) atoms. The molecule has 0 aromatic heterocycles. The van der Waals surface area contributed by atoms with E-state index in [1.807, 2.05) is 13.8 Å². The second-order valence-electron chi connectivity index (χ2n) is 6.14. The number of hydrogen-bond donors (Lipinski definition) is 2. The van der Waals surface area contributed by atoms with E-state index in [1.165, 1.54) is 0 Å². The molecule has 0 spiro atoms. The summed E-state index contributed by atoms with van der Waals surface area (Å²) in [6.07, 6.45) is 4.15. The van der Waals surface area contributed by atoms with Crippen LogP contribution in [0.5, 0.6) is 0 Å². The molecule has 3 atom stereocenters. The molecule has 0 aromatic carbocycles. The first-order valence-corrected chi connectivity index (χ1v) is 8.79. The molecule has 2 N–H and O–H groups in total. The van der Waals surface area contributed by atoms with Crippen molar-refractivity contribution < 1.29 is 14.6 Å². The highest BCUT2D eigenvalue weighted by Crippen LogP contribution is 2.44. The van der Waals surface area contributed by atoms with Crippen molar-refractivity contribution in [1.29, 1.82) is 0 Å². The van der Waals surface area contributed by atoms with Crippen molar-refractivity contribution in [3.05, 3.63) is 0 Å². The summed E-state index contributed by atoms with van der Waals surface area (Å²) < 4.78 is 5.35. The maximum Gasteiger partial charge on any atom is 0.327 e. The Balaban J connectivity index is 2.05. The SMILES string of the molecule is CCOC(=O)C(CSC(C)C(C)O)(NC1CC1)C1CC1. The highest BCUT2D eigenvalue weighted by molar-refractivity contribution is 8.00. The molecule has 0 amide bonds. The molecule has 0 bridgehead atoms. The van der Waals surface area contributed by atoms with Gasteiger partial charge in [0.05, 0.1) is 12.7 Å². The van der Waals surface area contributed by atoms with Crippen molar-refractivity contribution in [2.45, 2.75) is 69.4 Å². The summed E-state index contributed by atoms with van der Waals surface area (Å²) in [5.74, 6) is 0.995. The first-order valence-electron chi connectivity index (χ1n) is 7.74. The highest BCUT2D eigenvalue weighted by Gasteiger charge is 2.54. The molecular weight excluding hydrogens is 274 g/mol. The molecule has 0 saturated heterocycles. The van der Waals surface area contributed by atoms with Crippen LogP contribution in [0.15, 0.2) is 0 Å². The Hall–Kier alpha value is -0.260. The molecule has 0 aromatic rings. The normalized spacial score (nSPS) is 24.8. The number of hydrogen-bond acceptors (Lipinski definition) is 5. The average molecular weight is 301 g/mol. The fraction of sp³-hybridized carbons (Fsp3) is 0.933. The molecule has 0 radical (unpaired) electrons. The van der Waals surface area contributed by atoms with Crippen LogP contribution >= 0.6 is 11.8 Å². The number of rotatable bonds is 9. The van der Waals surface area contributed by atoms with Crippen LogP contribution in [-0.4, -0.2) is 46.4 Å². The summed E-state index contributed by atoms with van der Waals surface area (Å²) in [6.45, 7) is 6.10. The predicted molar refractivity (Wildman–Crippen MR) is 81.8 cm³/mol. The van der Waals surface area contributed by atoms with Gasteiger partial charge in [-0.15, -0.1) is 0 Å².